The van der Waals surface area contributed by atoms with E-state index in [2.05, 4.69) is 5.32 Å². The van der Waals surface area contributed by atoms with Crippen molar-refractivity contribution in [1.29, 1.82) is 0 Å². The molecule has 156 valence electrons. The van der Waals surface area contributed by atoms with Gasteiger partial charge in [-0.05, 0) is 57.7 Å². The predicted molar refractivity (Wildman–Crippen MR) is 107 cm³/mol. The van der Waals surface area contributed by atoms with Crippen LogP contribution >= 0.6 is 0 Å². The molecule has 1 heterocycles. The maximum absolute atomic E-state index is 13.0. The molecule has 8 heteroatoms. The van der Waals surface area contributed by atoms with Gasteiger partial charge >= 0.3 is 5.97 Å². The number of nitrogens with zero attached hydrogens (tertiary/aromatic N) is 1. The van der Waals surface area contributed by atoms with Crippen LogP contribution < -0.4 is 5.32 Å². The van der Waals surface area contributed by atoms with Gasteiger partial charge in [-0.15, -0.1) is 0 Å². The highest BCUT2D eigenvalue weighted by molar-refractivity contribution is 7.89. The van der Waals surface area contributed by atoms with Crippen molar-refractivity contribution in [3.63, 3.8) is 0 Å². The minimum Gasteiger partial charge on any atom is -0.449 e. The summed E-state index contributed by atoms with van der Waals surface area (Å²) in [5.74, 6) is -1.08. The number of amides is 1. The number of sulfonamides is 1. The van der Waals surface area contributed by atoms with Gasteiger partial charge in [0.1, 0.15) is 0 Å². The zero-order valence-corrected chi connectivity index (χ0v) is 17.8. The molecule has 0 aliphatic carbocycles. The Morgan fingerprint density at radius 2 is 2.04 bits per heavy atom. The largest absolute Gasteiger partial charge is 0.449 e. The van der Waals surface area contributed by atoms with Crippen molar-refractivity contribution in [2.24, 2.45) is 0 Å². The number of hydrogen-bond acceptors (Lipinski definition) is 5. The Labute approximate surface area is 167 Å². The van der Waals surface area contributed by atoms with E-state index in [0.717, 1.165) is 25.7 Å². The normalized spacial score (nSPS) is 19.1. The molecule has 1 saturated heterocycles. The van der Waals surface area contributed by atoms with Crippen LogP contribution in [0.5, 0.6) is 0 Å². The minimum atomic E-state index is -3.69. The zero-order valence-electron chi connectivity index (χ0n) is 17.0. The Balaban J connectivity index is 2.22. The highest BCUT2D eigenvalue weighted by atomic mass is 32.2. The molecule has 1 aliphatic heterocycles. The number of rotatable bonds is 7. The van der Waals surface area contributed by atoms with E-state index in [1.165, 1.54) is 23.4 Å². The summed E-state index contributed by atoms with van der Waals surface area (Å²) in [7, 11) is -3.69. The lowest BCUT2D eigenvalue weighted by Gasteiger charge is -2.32. The van der Waals surface area contributed by atoms with E-state index in [9.17, 15) is 18.0 Å². The second-order valence-corrected chi connectivity index (χ2v) is 9.17. The van der Waals surface area contributed by atoms with E-state index in [0.29, 0.717) is 18.7 Å². The van der Waals surface area contributed by atoms with Crippen LogP contribution in [-0.4, -0.2) is 49.8 Å². The third-order valence-corrected chi connectivity index (χ3v) is 6.99. The maximum Gasteiger partial charge on any atom is 0.339 e. The highest BCUT2D eigenvalue weighted by Crippen LogP contribution is 2.26. The Bertz CT molecular complexity index is 822. The molecule has 0 aromatic heterocycles. The Hall–Kier alpha value is -1.93. The fourth-order valence-electron chi connectivity index (χ4n) is 3.22. The van der Waals surface area contributed by atoms with E-state index in [4.69, 9.17) is 4.74 Å². The Morgan fingerprint density at radius 1 is 1.32 bits per heavy atom. The molecule has 0 saturated carbocycles. The first-order chi connectivity index (χ1) is 13.2. The number of hydrogen-bond donors (Lipinski definition) is 1. The first-order valence-corrected chi connectivity index (χ1v) is 11.2. The lowest BCUT2D eigenvalue weighted by molar-refractivity contribution is -0.129. The molecule has 0 bridgehead atoms. The average molecular weight is 411 g/mol. The summed E-state index contributed by atoms with van der Waals surface area (Å²) >= 11 is 0. The molecule has 1 amide bonds. The van der Waals surface area contributed by atoms with Gasteiger partial charge in [-0.1, -0.05) is 19.4 Å². The van der Waals surface area contributed by atoms with Gasteiger partial charge < -0.3 is 10.1 Å². The molecule has 2 rings (SSSR count). The second kappa shape index (κ2) is 9.52. The summed E-state index contributed by atoms with van der Waals surface area (Å²) in [6.07, 6.45) is 2.48. The number of nitrogens with one attached hydrogen (secondary N) is 1. The number of esters is 1. The molecular weight excluding hydrogens is 380 g/mol. The summed E-state index contributed by atoms with van der Waals surface area (Å²) in [5.41, 5.74) is 0.748. The molecule has 0 radical (unpaired) electrons. The number of carbonyl (C=O) groups is 2. The van der Waals surface area contributed by atoms with Crippen LogP contribution in [0.15, 0.2) is 23.1 Å². The molecule has 28 heavy (non-hydrogen) atoms. The first-order valence-electron chi connectivity index (χ1n) is 9.79. The summed E-state index contributed by atoms with van der Waals surface area (Å²) in [6, 6.07) is 4.39. The van der Waals surface area contributed by atoms with Crippen LogP contribution in [0.25, 0.3) is 0 Å². The standard InChI is InChI=1S/C20H30N2O5S/c1-5-11-21-19(23)16(4)27-20(24)18-13-17(10-9-14(18)2)28(25,26)22-12-7-6-8-15(22)3/h9-10,13,15-16H,5-8,11-12H2,1-4H3,(H,21,23). The van der Waals surface area contributed by atoms with Crippen molar-refractivity contribution in [2.75, 3.05) is 13.1 Å². The molecule has 1 aromatic carbocycles. The van der Waals surface area contributed by atoms with Gasteiger partial charge in [-0.2, -0.15) is 4.31 Å². The Kier molecular flexibility index (Phi) is 7.60. The molecule has 0 spiro atoms. The van der Waals surface area contributed by atoms with Crippen LogP contribution in [-0.2, 0) is 19.6 Å². The smallest absolute Gasteiger partial charge is 0.339 e. The predicted octanol–water partition coefficient (Wildman–Crippen LogP) is 2.63. The van der Waals surface area contributed by atoms with Crippen LogP contribution in [0.1, 0.15) is 62.4 Å². The summed E-state index contributed by atoms with van der Waals surface area (Å²) in [4.78, 5) is 24.6. The van der Waals surface area contributed by atoms with Crippen molar-refractivity contribution in [3.8, 4) is 0 Å². The molecule has 1 aliphatic rings. The van der Waals surface area contributed by atoms with E-state index in [1.54, 1.807) is 13.0 Å². The highest BCUT2D eigenvalue weighted by Gasteiger charge is 2.32. The van der Waals surface area contributed by atoms with Gasteiger partial charge in [-0.3, -0.25) is 4.79 Å². The number of piperidine rings is 1. The second-order valence-electron chi connectivity index (χ2n) is 7.28. The van der Waals surface area contributed by atoms with Gasteiger partial charge in [0.05, 0.1) is 10.5 Å². The fraction of sp³-hybridized carbons (Fsp3) is 0.600. The summed E-state index contributed by atoms with van der Waals surface area (Å²) in [6.45, 7) is 8.01. The molecule has 1 aromatic rings. The third-order valence-electron chi connectivity index (χ3n) is 4.98. The van der Waals surface area contributed by atoms with Crippen molar-refractivity contribution >= 4 is 21.9 Å². The number of carbonyl (C=O) groups excluding carboxylic acids is 2. The lowest BCUT2D eigenvalue weighted by atomic mass is 10.1. The van der Waals surface area contributed by atoms with Gasteiger partial charge in [0.2, 0.25) is 10.0 Å². The van der Waals surface area contributed by atoms with E-state index in [1.807, 2.05) is 13.8 Å². The molecule has 2 atom stereocenters. The van der Waals surface area contributed by atoms with E-state index >= 15 is 0 Å². The van der Waals surface area contributed by atoms with E-state index < -0.39 is 22.1 Å². The topological polar surface area (TPSA) is 92.8 Å². The van der Waals surface area contributed by atoms with Gasteiger partial charge in [0.25, 0.3) is 5.91 Å². The van der Waals surface area contributed by atoms with E-state index in [-0.39, 0.29) is 22.4 Å². The molecule has 7 nitrogen and oxygen atoms in total. The molecule has 1 fully saturated rings. The third kappa shape index (κ3) is 5.11. The number of aryl methyl sites for hydroxylation is 1. The van der Waals surface area contributed by atoms with Crippen LogP contribution in [0.2, 0.25) is 0 Å². The van der Waals surface area contributed by atoms with Gasteiger partial charge in [-0.25, -0.2) is 13.2 Å². The minimum absolute atomic E-state index is 0.0712. The van der Waals surface area contributed by atoms with Crippen molar-refractivity contribution in [3.05, 3.63) is 29.3 Å². The van der Waals surface area contributed by atoms with Crippen molar-refractivity contribution in [1.82, 2.24) is 9.62 Å². The quantitative estimate of drug-likeness (QED) is 0.698. The summed E-state index contributed by atoms with van der Waals surface area (Å²) < 4.78 is 32.8. The fourth-order valence-corrected chi connectivity index (χ4v) is 4.94. The van der Waals surface area contributed by atoms with Crippen molar-refractivity contribution in [2.45, 2.75) is 70.4 Å². The maximum atomic E-state index is 13.0. The molecule has 1 N–H and O–H groups in total. The molecular formula is C20H30N2O5S. The summed E-state index contributed by atoms with van der Waals surface area (Å²) in [5, 5.41) is 2.67. The van der Waals surface area contributed by atoms with Gasteiger partial charge in [0.15, 0.2) is 6.10 Å². The lowest BCUT2D eigenvalue weighted by Crippen LogP contribution is -2.42. The van der Waals surface area contributed by atoms with Crippen LogP contribution in [0.3, 0.4) is 0 Å². The number of ether oxygens (including phenoxy) is 1. The Morgan fingerprint density at radius 3 is 2.68 bits per heavy atom. The number of benzene rings is 1. The van der Waals surface area contributed by atoms with Crippen molar-refractivity contribution < 1.29 is 22.7 Å². The van der Waals surface area contributed by atoms with Gasteiger partial charge in [0, 0.05) is 19.1 Å². The SMILES string of the molecule is CCCNC(=O)C(C)OC(=O)c1cc(S(=O)(=O)N2CCCCC2C)ccc1C. The first kappa shape index (κ1) is 22.4. The van der Waals surface area contributed by atoms with Crippen LogP contribution in [0.4, 0.5) is 0 Å². The monoisotopic (exact) mass is 410 g/mol. The zero-order chi connectivity index (χ0) is 20.9. The average Bonchev–Trinajstić information content (AvgIpc) is 2.66. The molecule has 2 unspecified atom stereocenters. The van der Waals surface area contributed by atoms with Crippen LogP contribution in [0, 0.1) is 6.92 Å².